The highest BCUT2D eigenvalue weighted by molar-refractivity contribution is 7.99. The van der Waals surface area contributed by atoms with Crippen LogP contribution in [0.2, 0.25) is 0 Å². The third kappa shape index (κ3) is 5.58. The van der Waals surface area contributed by atoms with Crippen molar-refractivity contribution in [3.05, 3.63) is 0 Å². The van der Waals surface area contributed by atoms with Gasteiger partial charge in [-0.2, -0.15) is 11.8 Å². The second kappa shape index (κ2) is 5.92. The van der Waals surface area contributed by atoms with Crippen molar-refractivity contribution >= 4 is 11.8 Å². The van der Waals surface area contributed by atoms with Gasteiger partial charge >= 0.3 is 0 Å². The zero-order chi connectivity index (χ0) is 9.68. The van der Waals surface area contributed by atoms with Crippen LogP contribution in [0.25, 0.3) is 0 Å². The van der Waals surface area contributed by atoms with E-state index in [9.17, 15) is 0 Å². The molecule has 0 aromatic heterocycles. The zero-order valence-corrected chi connectivity index (χ0v) is 9.99. The molecule has 1 aliphatic carbocycles. The number of rotatable bonds is 7. The molecule has 0 aromatic rings. The molecular formula is C11H23NS. The van der Waals surface area contributed by atoms with Crippen molar-refractivity contribution in [1.29, 1.82) is 0 Å². The molecule has 13 heavy (non-hydrogen) atoms. The predicted molar refractivity (Wildman–Crippen MR) is 62.4 cm³/mol. The van der Waals surface area contributed by atoms with E-state index in [1.54, 1.807) is 0 Å². The molecule has 2 unspecified atom stereocenters. The van der Waals surface area contributed by atoms with Gasteiger partial charge in [0.2, 0.25) is 0 Å². The molecule has 0 aromatic carbocycles. The number of hydrogen-bond acceptors (Lipinski definition) is 2. The lowest BCUT2D eigenvalue weighted by molar-refractivity contribution is 0.556. The van der Waals surface area contributed by atoms with Crippen LogP contribution in [0.4, 0.5) is 0 Å². The first-order valence-electron chi connectivity index (χ1n) is 5.57. The lowest BCUT2D eigenvalue weighted by atomic mass is 10.2. The molecule has 0 bridgehead atoms. The van der Waals surface area contributed by atoms with Gasteiger partial charge in [-0.15, -0.1) is 0 Å². The summed E-state index contributed by atoms with van der Waals surface area (Å²) in [5.41, 5.74) is 0. The molecule has 0 heterocycles. The third-order valence-electron chi connectivity index (χ3n) is 2.57. The fourth-order valence-corrected chi connectivity index (χ4v) is 2.17. The molecule has 1 saturated carbocycles. The Labute approximate surface area is 87.1 Å². The van der Waals surface area contributed by atoms with Crippen LogP contribution in [-0.4, -0.2) is 23.6 Å². The summed E-state index contributed by atoms with van der Waals surface area (Å²) < 4.78 is 0. The normalized spacial score (nSPS) is 21.5. The molecule has 1 fully saturated rings. The molecule has 0 spiro atoms. The highest BCUT2D eigenvalue weighted by Crippen LogP contribution is 2.20. The Kier molecular flexibility index (Phi) is 5.18. The van der Waals surface area contributed by atoms with Crippen LogP contribution >= 0.6 is 11.8 Å². The smallest absolute Gasteiger partial charge is 0.00683 e. The number of hydrogen-bond donors (Lipinski definition) is 1. The molecular weight excluding hydrogens is 178 g/mol. The van der Waals surface area contributed by atoms with Gasteiger partial charge in [0.1, 0.15) is 0 Å². The summed E-state index contributed by atoms with van der Waals surface area (Å²) in [5, 5.41) is 4.42. The van der Waals surface area contributed by atoms with Crippen molar-refractivity contribution < 1.29 is 0 Å². The summed E-state index contributed by atoms with van der Waals surface area (Å²) in [6.07, 6.45) is 4.11. The van der Waals surface area contributed by atoms with Crippen LogP contribution < -0.4 is 5.32 Å². The highest BCUT2D eigenvalue weighted by Gasteiger charge is 2.20. The molecule has 1 nitrogen and oxygen atoms in total. The minimum Gasteiger partial charge on any atom is -0.314 e. The average molecular weight is 201 g/mol. The van der Waals surface area contributed by atoms with Crippen LogP contribution in [0, 0.1) is 5.92 Å². The lowest BCUT2D eigenvalue weighted by Crippen LogP contribution is -2.24. The molecule has 78 valence electrons. The largest absolute Gasteiger partial charge is 0.314 e. The van der Waals surface area contributed by atoms with Gasteiger partial charge in [0.05, 0.1) is 0 Å². The van der Waals surface area contributed by atoms with Crippen molar-refractivity contribution in [3.8, 4) is 0 Å². The Hall–Kier alpha value is 0.310. The van der Waals surface area contributed by atoms with Gasteiger partial charge in [0, 0.05) is 11.3 Å². The summed E-state index contributed by atoms with van der Waals surface area (Å²) >= 11 is 2.12. The maximum atomic E-state index is 3.58. The first-order chi connectivity index (χ1) is 6.22. The van der Waals surface area contributed by atoms with Gasteiger partial charge in [-0.05, 0) is 37.5 Å². The fourth-order valence-electron chi connectivity index (χ4n) is 1.16. The minimum atomic E-state index is 0.833. The Bertz CT molecular complexity index is 134. The third-order valence-corrected chi connectivity index (χ3v) is 4.24. The van der Waals surface area contributed by atoms with Gasteiger partial charge in [-0.1, -0.05) is 20.8 Å². The Morgan fingerprint density at radius 2 is 2.08 bits per heavy atom. The van der Waals surface area contributed by atoms with Crippen molar-refractivity contribution in [3.63, 3.8) is 0 Å². The van der Waals surface area contributed by atoms with Crippen LogP contribution in [0.15, 0.2) is 0 Å². The van der Waals surface area contributed by atoms with Gasteiger partial charge in [0.25, 0.3) is 0 Å². The molecule has 1 N–H and O–H groups in total. The zero-order valence-electron chi connectivity index (χ0n) is 9.18. The Balaban J connectivity index is 1.92. The van der Waals surface area contributed by atoms with E-state index in [1.165, 1.54) is 31.6 Å². The standard InChI is InChI=1S/C11H23NS/c1-4-10(3)13-8-9(2)7-12-11-5-6-11/h9-12H,4-8H2,1-3H3. The van der Waals surface area contributed by atoms with Crippen molar-refractivity contribution in [1.82, 2.24) is 5.32 Å². The molecule has 0 saturated heterocycles. The summed E-state index contributed by atoms with van der Waals surface area (Å²) in [4.78, 5) is 0. The van der Waals surface area contributed by atoms with E-state index in [2.05, 4.69) is 37.8 Å². The topological polar surface area (TPSA) is 12.0 Å². The van der Waals surface area contributed by atoms with Gasteiger partial charge in [-0.3, -0.25) is 0 Å². The van der Waals surface area contributed by atoms with E-state index in [0.717, 1.165) is 17.2 Å². The fraction of sp³-hybridized carbons (Fsp3) is 1.00. The summed E-state index contributed by atoms with van der Waals surface area (Å²) in [6, 6.07) is 0.871. The number of nitrogens with one attached hydrogen (secondary N) is 1. The summed E-state index contributed by atoms with van der Waals surface area (Å²) in [7, 11) is 0. The van der Waals surface area contributed by atoms with Crippen LogP contribution in [0.5, 0.6) is 0 Å². The van der Waals surface area contributed by atoms with E-state index >= 15 is 0 Å². The Morgan fingerprint density at radius 1 is 1.38 bits per heavy atom. The molecule has 1 rings (SSSR count). The molecule has 2 atom stereocenters. The summed E-state index contributed by atoms with van der Waals surface area (Å²) in [6.45, 7) is 8.16. The molecule has 2 heteroatoms. The molecule has 0 aliphatic heterocycles. The summed E-state index contributed by atoms with van der Waals surface area (Å²) in [5.74, 6) is 2.15. The van der Waals surface area contributed by atoms with Gasteiger partial charge in [0.15, 0.2) is 0 Å². The van der Waals surface area contributed by atoms with E-state index < -0.39 is 0 Å². The van der Waals surface area contributed by atoms with Crippen molar-refractivity contribution in [2.75, 3.05) is 12.3 Å². The van der Waals surface area contributed by atoms with Crippen LogP contribution in [0.3, 0.4) is 0 Å². The van der Waals surface area contributed by atoms with E-state index in [4.69, 9.17) is 0 Å². The molecule has 0 radical (unpaired) electrons. The van der Waals surface area contributed by atoms with E-state index in [-0.39, 0.29) is 0 Å². The van der Waals surface area contributed by atoms with Gasteiger partial charge < -0.3 is 5.32 Å². The predicted octanol–water partition coefficient (Wildman–Crippen LogP) is 2.91. The van der Waals surface area contributed by atoms with Crippen molar-refractivity contribution in [2.24, 2.45) is 5.92 Å². The van der Waals surface area contributed by atoms with E-state index in [0.29, 0.717) is 0 Å². The van der Waals surface area contributed by atoms with Crippen molar-refractivity contribution in [2.45, 2.75) is 51.3 Å². The minimum absolute atomic E-state index is 0.833. The number of thioether (sulfide) groups is 1. The maximum Gasteiger partial charge on any atom is 0.00683 e. The Morgan fingerprint density at radius 3 is 2.62 bits per heavy atom. The SMILES string of the molecule is CCC(C)SCC(C)CNC1CC1. The van der Waals surface area contributed by atoms with Crippen LogP contribution in [-0.2, 0) is 0 Å². The highest BCUT2D eigenvalue weighted by atomic mass is 32.2. The maximum absolute atomic E-state index is 3.58. The monoisotopic (exact) mass is 201 g/mol. The first-order valence-corrected chi connectivity index (χ1v) is 6.62. The lowest BCUT2D eigenvalue weighted by Gasteiger charge is -2.14. The second-order valence-electron chi connectivity index (χ2n) is 4.34. The first kappa shape index (κ1) is 11.4. The average Bonchev–Trinajstić information content (AvgIpc) is 2.94. The van der Waals surface area contributed by atoms with Gasteiger partial charge in [-0.25, -0.2) is 0 Å². The quantitative estimate of drug-likeness (QED) is 0.680. The molecule has 1 aliphatic rings. The second-order valence-corrected chi connectivity index (χ2v) is 5.81. The van der Waals surface area contributed by atoms with Crippen LogP contribution in [0.1, 0.15) is 40.0 Å². The van der Waals surface area contributed by atoms with E-state index in [1.807, 2.05) is 0 Å². The molecule has 0 amide bonds.